The third-order valence-electron chi connectivity index (χ3n) is 4.24. The minimum Gasteiger partial charge on any atom is -0.392 e. The van der Waals surface area contributed by atoms with E-state index in [0.29, 0.717) is 24.2 Å². The van der Waals surface area contributed by atoms with Crippen molar-refractivity contribution in [1.29, 1.82) is 0 Å². The van der Waals surface area contributed by atoms with Crippen molar-refractivity contribution < 1.29 is 14.7 Å². The van der Waals surface area contributed by atoms with Gasteiger partial charge in [-0.3, -0.25) is 9.59 Å². The molecule has 0 spiro atoms. The lowest BCUT2D eigenvalue weighted by Gasteiger charge is -2.17. The Morgan fingerprint density at radius 1 is 1.25 bits per heavy atom. The van der Waals surface area contributed by atoms with Gasteiger partial charge in [-0.2, -0.15) is 0 Å². The van der Waals surface area contributed by atoms with E-state index in [1.165, 1.54) is 0 Å². The van der Waals surface area contributed by atoms with Crippen LogP contribution in [-0.4, -0.2) is 23.5 Å². The fourth-order valence-electron chi connectivity index (χ4n) is 2.88. The van der Waals surface area contributed by atoms with Crippen LogP contribution < -0.4 is 10.2 Å². The zero-order chi connectivity index (χ0) is 17.1. The summed E-state index contributed by atoms with van der Waals surface area (Å²) in [6.45, 7) is 2.44. The molecule has 2 aromatic rings. The van der Waals surface area contributed by atoms with Gasteiger partial charge in [0, 0.05) is 17.9 Å². The molecular weight excluding hydrogens is 304 g/mol. The summed E-state index contributed by atoms with van der Waals surface area (Å²) in [5.74, 6) is -1.15. The molecule has 5 nitrogen and oxygen atoms in total. The summed E-state index contributed by atoms with van der Waals surface area (Å²) in [6, 6.07) is 14.7. The molecule has 24 heavy (non-hydrogen) atoms. The van der Waals surface area contributed by atoms with E-state index in [4.69, 9.17) is 5.11 Å². The van der Waals surface area contributed by atoms with Gasteiger partial charge in [-0.05, 0) is 43.2 Å². The number of amides is 2. The van der Waals surface area contributed by atoms with Gasteiger partial charge in [-0.15, -0.1) is 0 Å². The molecule has 3 rings (SSSR count). The Kier molecular flexibility index (Phi) is 4.62. The minimum absolute atomic E-state index is 0.0900. The summed E-state index contributed by atoms with van der Waals surface area (Å²) in [4.78, 5) is 26.7. The summed E-state index contributed by atoms with van der Waals surface area (Å²) in [5, 5.41) is 11.9. The molecule has 0 aromatic heterocycles. The molecule has 1 aliphatic rings. The number of aryl methyl sites for hydroxylation is 1. The molecule has 1 atom stereocenters. The molecule has 5 heteroatoms. The zero-order valence-electron chi connectivity index (χ0n) is 13.5. The molecule has 2 N–H and O–H groups in total. The lowest BCUT2D eigenvalue weighted by Crippen LogP contribution is -2.33. The molecule has 1 heterocycles. The summed E-state index contributed by atoms with van der Waals surface area (Å²) in [7, 11) is 0. The molecule has 0 aliphatic carbocycles. The van der Waals surface area contributed by atoms with E-state index in [1.807, 2.05) is 31.2 Å². The van der Waals surface area contributed by atoms with Gasteiger partial charge in [0.05, 0.1) is 6.61 Å². The molecule has 0 radical (unpaired) electrons. The number of carbonyl (C=O) groups excluding carboxylic acids is 2. The van der Waals surface area contributed by atoms with E-state index < -0.39 is 5.92 Å². The Labute approximate surface area is 140 Å². The first kappa shape index (κ1) is 16.2. The molecule has 2 aromatic carbocycles. The summed E-state index contributed by atoms with van der Waals surface area (Å²) < 4.78 is 0. The molecule has 1 fully saturated rings. The quantitative estimate of drug-likeness (QED) is 0.849. The van der Waals surface area contributed by atoms with Crippen LogP contribution in [0, 0.1) is 12.8 Å². The number of aliphatic hydroxyl groups excluding tert-OH is 1. The van der Waals surface area contributed by atoms with Crippen LogP contribution in [0.15, 0.2) is 48.5 Å². The second-order valence-electron chi connectivity index (χ2n) is 6.01. The van der Waals surface area contributed by atoms with Gasteiger partial charge >= 0.3 is 0 Å². The first-order chi connectivity index (χ1) is 11.6. The normalized spacial score (nSPS) is 17.2. The molecule has 124 valence electrons. The van der Waals surface area contributed by atoms with Crippen molar-refractivity contribution in [2.24, 2.45) is 5.92 Å². The highest BCUT2D eigenvalue weighted by atomic mass is 16.3. The van der Waals surface area contributed by atoms with Crippen LogP contribution in [0.1, 0.15) is 17.5 Å². The van der Waals surface area contributed by atoms with E-state index >= 15 is 0 Å². The van der Waals surface area contributed by atoms with Gasteiger partial charge in [0.2, 0.25) is 11.8 Å². The van der Waals surface area contributed by atoms with Crippen molar-refractivity contribution in [1.82, 2.24) is 0 Å². The fourth-order valence-corrected chi connectivity index (χ4v) is 2.88. The number of nitrogens with one attached hydrogen (secondary N) is 1. The first-order valence-corrected chi connectivity index (χ1v) is 7.97. The number of nitrogens with zero attached hydrogens (tertiary/aromatic N) is 1. The summed E-state index contributed by atoms with van der Waals surface area (Å²) in [6.07, 6.45) is 0.498. The number of carbonyl (C=O) groups is 2. The highest BCUT2D eigenvalue weighted by Crippen LogP contribution is 2.26. The number of hydrogen-bond acceptors (Lipinski definition) is 3. The molecule has 1 aliphatic heterocycles. The van der Waals surface area contributed by atoms with Gasteiger partial charge in [0.25, 0.3) is 0 Å². The summed E-state index contributed by atoms with van der Waals surface area (Å²) in [5.41, 5.74) is 3.26. The average Bonchev–Trinajstić information content (AvgIpc) is 2.97. The predicted molar refractivity (Wildman–Crippen MR) is 92.6 cm³/mol. The first-order valence-electron chi connectivity index (χ1n) is 7.97. The SMILES string of the molecule is Cc1ccc(N2CCC(C(=O)Nc3cccc(CO)c3)C2=O)cc1. The van der Waals surface area contributed by atoms with Crippen LogP contribution in [0.5, 0.6) is 0 Å². The van der Waals surface area contributed by atoms with Crippen molar-refractivity contribution in [3.63, 3.8) is 0 Å². The molecule has 1 saturated heterocycles. The van der Waals surface area contributed by atoms with Crippen molar-refractivity contribution in [3.8, 4) is 0 Å². The Hall–Kier alpha value is -2.66. The van der Waals surface area contributed by atoms with Gasteiger partial charge in [-0.1, -0.05) is 29.8 Å². The molecule has 0 bridgehead atoms. The Morgan fingerprint density at radius 2 is 2.00 bits per heavy atom. The van der Waals surface area contributed by atoms with E-state index in [0.717, 1.165) is 11.3 Å². The highest BCUT2D eigenvalue weighted by Gasteiger charge is 2.37. The van der Waals surface area contributed by atoms with Crippen molar-refractivity contribution in [2.45, 2.75) is 20.0 Å². The highest BCUT2D eigenvalue weighted by molar-refractivity contribution is 6.13. The smallest absolute Gasteiger partial charge is 0.239 e. The van der Waals surface area contributed by atoms with Crippen molar-refractivity contribution >= 4 is 23.2 Å². The lowest BCUT2D eigenvalue weighted by molar-refractivity contribution is -0.129. The van der Waals surface area contributed by atoms with Gasteiger partial charge in [0.1, 0.15) is 5.92 Å². The van der Waals surface area contributed by atoms with Gasteiger partial charge in [0.15, 0.2) is 0 Å². The van der Waals surface area contributed by atoms with Crippen LogP contribution in [0.2, 0.25) is 0 Å². The maximum Gasteiger partial charge on any atom is 0.239 e. The molecule has 2 amide bonds. The topological polar surface area (TPSA) is 69.6 Å². The zero-order valence-corrected chi connectivity index (χ0v) is 13.5. The molecular formula is C19H20N2O3. The number of hydrogen-bond donors (Lipinski definition) is 2. The van der Waals surface area contributed by atoms with Crippen molar-refractivity contribution in [2.75, 3.05) is 16.8 Å². The summed E-state index contributed by atoms with van der Waals surface area (Å²) >= 11 is 0. The third-order valence-corrected chi connectivity index (χ3v) is 4.24. The van der Waals surface area contributed by atoms with Crippen molar-refractivity contribution in [3.05, 3.63) is 59.7 Å². The number of aliphatic hydroxyl groups is 1. The van der Waals surface area contributed by atoms with E-state index in [-0.39, 0.29) is 18.4 Å². The van der Waals surface area contributed by atoms with E-state index in [9.17, 15) is 9.59 Å². The second-order valence-corrected chi connectivity index (χ2v) is 6.01. The van der Waals surface area contributed by atoms with Crippen LogP contribution in [-0.2, 0) is 16.2 Å². The Morgan fingerprint density at radius 3 is 2.71 bits per heavy atom. The van der Waals surface area contributed by atoms with Gasteiger partial charge < -0.3 is 15.3 Å². The van der Waals surface area contributed by atoms with Crippen LogP contribution in [0.3, 0.4) is 0 Å². The second kappa shape index (κ2) is 6.84. The number of anilines is 2. The van der Waals surface area contributed by atoms with Crippen LogP contribution in [0.25, 0.3) is 0 Å². The standard InChI is InChI=1S/C19H20N2O3/c1-13-5-7-16(8-6-13)21-10-9-17(19(21)24)18(23)20-15-4-2-3-14(11-15)12-22/h2-8,11,17,22H,9-10,12H2,1H3,(H,20,23). The third kappa shape index (κ3) is 3.31. The average molecular weight is 324 g/mol. The van der Waals surface area contributed by atoms with Gasteiger partial charge in [-0.25, -0.2) is 0 Å². The maximum absolute atomic E-state index is 12.6. The Bertz CT molecular complexity index is 755. The van der Waals surface area contributed by atoms with E-state index in [2.05, 4.69) is 5.32 Å². The van der Waals surface area contributed by atoms with Crippen LogP contribution >= 0.6 is 0 Å². The number of rotatable bonds is 4. The fraction of sp³-hybridized carbons (Fsp3) is 0.263. The Balaban J connectivity index is 1.70. The van der Waals surface area contributed by atoms with Crippen LogP contribution in [0.4, 0.5) is 11.4 Å². The molecule has 0 saturated carbocycles. The predicted octanol–water partition coefficient (Wildman–Crippen LogP) is 2.48. The lowest BCUT2D eigenvalue weighted by atomic mass is 10.1. The largest absolute Gasteiger partial charge is 0.392 e. The maximum atomic E-state index is 12.6. The monoisotopic (exact) mass is 324 g/mol. The molecule has 1 unspecified atom stereocenters. The minimum atomic E-state index is -0.677. The van der Waals surface area contributed by atoms with E-state index in [1.54, 1.807) is 29.2 Å². The number of benzene rings is 2.